The number of imide groups is 1. The number of hydrogen-bond acceptors (Lipinski definition) is 8. The molecule has 0 fully saturated rings. The molecule has 0 spiro atoms. The van der Waals surface area contributed by atoms with Crippen molar-refractivity contribution < 1.29 is 37.1 Å². The minimum atomic E-state index is -3.59. The molecule has 0 saturated heterocycles. The summed E-state index contributed by atoms with van der Waals surface area (Å²) in [6.45, 7) is 7.95. The van der Waals surface area contributed by atoms with Crippen LogP contribution in [0.2, 0.25) is 0 Å². The Balaban J connectivity index is 1.54. The summed E-state index contributed by atoms with van der Waals surface area (Å²) >= 11 is 0. The van der Waals surface area contributed by atoms with E-state index in [0.717, 1.165) is 74.4 Å². The summed E-state index contributed by atoms with van der Waals surface area (Å²) in [6.07, 6.45) is 10.7. The molecule has 0 unspecified atom stereocenters. The Morgan fingerprint density at radius 1 is 0.938 bits per heavy atom. The summed E-state index contributed by atoms with van der Waals surface area (Å²) < 4.78 is 36.1. The molecule has 11 heteroatoms. The molecular weight excluding hydrogens is 632 g/mol. The van der Waals surface area contributed by atoms with Gasteiger partial charge in [-0.05, 0) is 60.9 Å². The maximum Gasteiger partial charge on any atom is 0.262 e. The summed E-state index contributed by atoms with van der Waals surface area (Å²) in [5.41, 5.74) is 1.60. The van der Waals surface area contributed by atoms with E-state index in [4.69, 9.17) is 9.47 Å². The third-order valence-electron chi connectivity index (χ3n) is 8.66. The number of rotatable bonds is 20. The van der Waals surface area contributed by atoms with Crippen molar-refractivity contribution >= 4 is 33.8 Å². The fraction of sp³-hybridized carbons (Fsp3) is 0.568. The highest BCUT2D eigenvalue weighted by Crippen LogP contribution is 2.38. The van der Waals surface area contributed by atoms with Crippen LogP contribution in [0.25, 0.3) is 0 Å². The van der Waals surface area contributed by atoms with E-state index < -0.39 is 39.5 Å². The van der Waals surface area contributed by atoms with Gasteiger partial charge >= 0.3 is 0 Å². The van der Waals surface area contributed by atoms with E-state index in [2.05, 4.69) is 5.32 Å². The van der Waals surface area contributed by atoms with Gasteiger partial charge in [0.25, 0.3) is 11.8 Å². The maximum absolute atomic E-state index is 13.9. The normalized spacial score (nSPS) is 14.4. The quantitative estimate of drug-likeness (QED) is 0.0981. The van der Waals surface area contributed by atoms with Crippen LogP contribution in [-0.2, 0) is 25.8 Å². The minimum Gasteiger partial charge on any atom is -0.493 e. The van der Waals surface area contributed by atoms with Crippen molar-refractivity contribution in [1.29, 1.82) is 0 Å². The number of carbonyl (C=O) groups is 4. The molecule has 48 heavy (non-hydrogen) atoms. The van der Waals surface area contributed by atoms with Crippen molar-refractivity contribution in [2.24, 2.45) is 5.41 Å². The second kappa shape index (κ2) is 17.6. The number of unbranched alkanes of at least 4 members (excludes halogenated alkanes) is 7. The Morgan fingerprint density at radius 2 is 1.58 bits per heavy atom. The first-order valence-electron chi connectivity index (χ1n) is 16.9. The summed E-state index contributed by atoms with van der Waals surface area (Å²) in [4.78, 5) is 52.1. The minimum absolute atomic E-state index is 0.0833. The van der Waals surface area contributed by atoms with E-state index >= 15 is 0 Å². The molecule has 2 aromatic rings. The van der Waals surface area contributed by atoms with Gasteiger partial charge in [-0.1, -0.05) is 77.5 Å². The Kier molecular flexibility index (Phi) is 14.2. The maximum atomic E-state index is 13.9. The first kappa shape index (κ1) is 38.7. The van der Waals surface area contributed by atoms with E-state index in [1.807, 2.05) is 33.8 Å². The van der Waals surface area contributed by atoms with Crippen LogP contribution in [0.4, 0.5) is 0 Å². The first-order valence-corrected chi connectivity index (χ1v) is 19.0. The van der Waals surface area contributed by atoms with E-state index in [9.17, 15) is 27.6 Å². The number of nitrogens with one attached hydrogen (secondary N) is 1. The zero-order valence-electron chi connectivity index (χ0n) is 29.3. The highest BCUT2D eigenvalue weighted by molar-refractivity contribution is 7.90. The van der Waals surface area contributed by atoms with Crippen LogP contribution in [0.15, 0.2) is 36.4 Å². The second-order valence-corrected chi connectivity index (χ2v) is 15.8. The van der Waals surface area contributed by atoms with Crippen molar-refractivity contribution in [3.05, 3.63) is 58.7 Å². The molecule has 264 valence electrons. The standard InChI is InChI=1S/C37H52N2O8S/c1-7-47-31-23-27(21-22-30(31)46-5)29(25-48(6,44)45)39-35(42)28-19-16-18-26(34(28)36(39)43)17-14-12-10-8-9-11-13-15-20-33(41)38-32(24-40)37(2,3)4/h16,18-19,21-24,29,32H,7-15,17,20,25H2,1-6H3,(H,38,41)/t29-,32-/m1/s1. The summed E-state index contributed by atoms with van der Waals surface area (Å²) in [5, 5.41) is 2.82. The lowest BCUT2D eigenvalue weighted by atomic mass is 9.87. The van der Waals surface area contributed by atoms with E-state index in [-0.39, 0.29) is 11.3 Å². The number of benzene rings is 2. The van der Waals surface area contributed by atoms with Gasteiger partial charge in [0.05, 0.1) is 42.7 Å². The van der Waals surface area contributed by atoms with Crippen LogP contribution in [0.3, 0.4) is 0 Å². The lowest BCUT2D eigenvalue weighted by Crippen LogP contribution is -2.44. The fourth-order valence-electron chi connectivity index (χ4n) is 6.00. The second-order valence-electron chi connectivity index (χ2n) is 13.6. The zero-order chi connectivity index (χ0) is 35.5. The third-order valence-corrected chi connectivity index (χ3v) is 9.58. The van der Waals surface area contributed by atoms with E-state index in [1.54, 1.807) is 30.3 Å². The van der Waals surface area contributed by atoms with Gasteiger partial charge < -0.3 is 19.6 Å². The molecule has 0 aliphatic carbocycles. The van der Waals surface area contributed by atoms with Crippen molar-refractivity contribution in [2.75, 3.05) is 25.7 Å². The fourth-order valence-corrected chi connectivity index (χ4v) is 6.92. The molecule has 0 bridgehead atoms. The van der Waals surface area contributed by atoms with Gasteiger partial charge in [0.2, 0.25) is 5.91 Å². The number of amides is 3. The molecule has 10 nitrogen and oxygen atoms in total. The van der Waals surface area contributed by atoms with Gasteiger partial charge in [-0.15, -0.1) is 0 Å². The van der Waals surface area contributed by atoms with Crippen molar-refractivity contribution in [1.82, 2.24) is 10.2 Å². The van der Waals surface area contributed by atoms with Gasteiger partial charge in [0, 0.05) is 12.7 Å². The Morgan fingerprint density at radius 3 is 2.17 bits per heavy atom. The van der Waals surface area contributed by atoms with E-state index in [0.29, 0.717) is 47.6 Å². The molecule has 1 heterocycles. The molecule has 0 aromatic heterocycles. The van der Waals surface area contributed by atoms with Gasteiger partial charge in [0.1, 0.15) is 16.1 Å². The number of aryl methyl sites for hydroxylation is 1. The molecule has 0 radical (unpaired) electrons. The number of methoxy groups -OCH3 is 1. The first-order chi connectivity index (χ1) is 22.7. The van der Waals surface area contributed by atoms with Gasteiger partial charge in [-0.25, -0.2) is 8.42 Å². The van der Waals surface area contributed by atoms with Crippen LogP contribution in [-0.4, -0.2) is 69.1 Å². The predicted molar refractivity (Wildman–Crippen MR) is 186 cm³/mol. The molecule has 0 saturated carbocycles. The summed E-state index contributed by atoms with van der Waals surface area (Å²) in [6, 6.07) is 8.71. The number of ether oxygens (including phenoxy) is 2. The van der Waals surface area contributed by atoms with Crippen molar-refractivity contribution in [3.63, 3.8) is 0 Å². The van der Waals surface area contributed by atoms with E-state index in [1.165, 1.54) is 7.11 Å². The lowest BCUT2D eigenvalue weighted by Gasteiger charge is -2.27. The zero-order valence-corrected chi connectivity index (χ0v) is 30.1. The Bertz CT molecular complexity index is 1550. The highest BCUT2D eigenvalue weighted by Gasteiger charge is 2.43. The van der Waals surface area contributed by atoms with Crippen LogP contribution in [0.5, 0.6) is 11.5 Å². The number of hydrogen-bond donors (Lipinski definition) is 1. The third kappa shape index (κ3) is 10.6. The highest BCUT2D eigenvalue weighted by atomic mass is 32.2. The van der Waals surface area contributed by atoms with Gasteiger partial charge in [-0.2, -0.15) is 0 Å². The average molecular weight is 685 g/mol. The molecule has 2 aromatic carbocycles. The summed E-state index contributed by atoms with van der Waals surface area (Å²) in [7, 11) is -2.08. The molecule has 1 N–H and O–H groups in total. The van der Waals surface area contributed by atoms with Crippen LogP contribution < -0.4 is 14.8 Å². The molecule has 3 rings (SSSR count). The molecule has 1 aliphatic heterocycles. The SMILES string of the molecule is CCOc1cc([C@@H](CS(C)(=O)=O)N2C(=O)c3cccc(CCCCCCCCCCC(=O)N[C@H](C=O)C(C)(C)C)c3C2=O)ccc1OC. The molecular formula is C37H52N2O8S. The van der Waals surface area contributed by atoms with Crippen molar-refractivity contribution in [3.8, 4) is 11.5 Å². The largest absolute Gasteiger partial charge is 0.493 e. The van der Waals surface area contributed by atoms with Crippen LogP contribution in [0, 0.1) is 5.41 Å². The van der Waals surface area contributed by atoms with Crippen LogP contribution >= 0.6 is 0 Å². The predicted octanol–water partition coefficient (Wildman–Crippen LogP) is 6.26. The molecule has 1 aliphatic rings. The topological polar surface area (TPSA) is 136 Å². The smallest absolute Gasteiger partial charge is 0.262 e. The number of nitrogens with zero attached hydrogens (tertiary/aromatic N) is 1. The van der Waals surface area contributed by atoms with Gasteiger partial charge in [0.15, 0.2) is 11.5 Å². The number of fused-ring (bicyclic) bond motifs is 1. The number of carbonyl (C=O) groups excluding carboxylic acids is 4. The average Bonchev–Trinajstić information content (AvgIpc) is 3.28. The summed E-state index contributed by atoms with van der Waals surface area (Å²) in [5.74, 6) is -0.622. The van der Waals surface area contributed by atoms with Crippen LogP contribution in [0.1, 0.15) is 123 Å². The Hall–Kier alpha value is -3.73. The van der Waals surface area contributed by atoms with Crippen molar-refractivity contribution in [2.45, 2.75) is 104 Å². The number of sulfone groups is 1. The Labute approximate surface area is 285 Å². The molecule has 2 atom stereocenters. The lowest BCUT2D eigenvalue weighted by molar-refractivity contribution is -0.125. The van der Waals surface area contributed by atoms with Gasteiger partial charge in [-0.3, -0.25) is 19.3 Å². The molecule has 3 amide bonds. The monoisotopic (exact) mass is 684 g/mol. The number of aldehydes is 1.